The van der Waals surface area contributed by atoms with Crippen LogP contribution in [0.5, 0.6) is 0 Å². The average molecular weight is 387 g/mol. The van der Waals surface area contributed by atoms with Crippen LogP contribution in [-0.2, 0) is 27.3 Å². The molecule has 0 saturated carbocycles. The molecule has 0 aromatic heterocycles. The molecule has 2 aromatic carbocycles. The maximum Gasteiger partial charge on any atom is 0.249 e. The lowest BCUT2D eigenvalue weighted by atomic mass is 10.1. The number of halogens is 1. The smallest absolute Gasteiger partial charge is 0.249 e. The molecule has 1 heterocycles. The highest BCUT2D eigenvalue weighted by Gasteiger charge is 2.33. The topological polar surface area (TPSA) is 58.6 Å². The summed E-state index contributed by atoms with van der Waals surface area (Å²) in [6.07, 6.45) is 0.697. The third kappa shape index (κ3) is 5.31. The van der Waals surface area contributed by atoms with E-state index in [-0.39, 0.29) is 25.0 Å². The van der Waals surface area contributed by atoms with E-state index in [4.69, 9.17) is 16.3 Å². The van der Waals surface area contributed by atoms with Crippen LogP contribution in [0.4, 0.5) is 0 Å². The molecule has 0 radical (unpaired) electrons. The van der Waals surface area contributed by atoms with Gasteiger partial charge in [-0.25, -0.2) is 0 Å². The zero-order chi connectivity index (χ0) is 19.2. The van der Waals surface area contributed by atoms with E-state index in [1.165, 1.54) is 0 Å². The number of amides is 2. The molecule has 1 atom stereocenters. The molecule has 1 aliphatic heterocycles. The summed E-state index contributed by atoms with van der Waals surface area (Å²) < 4.78 is 5.31. The third-order valence-electron chi connectivity index (χ3n) is 4.60. The Morgan fingerprint density at radius 2 is 1.81 bits per heavy atom. The van der Waals surface area contributed by atoms with Crippen LogP contribution in [0.25, 0.3) is 0 Å². The molecular formula is C21H23ClN2O3. The number of benzene rings is 2. The van der Waals surface area contributed by atoms with Gasteiger partial charge < -0.3 is 15.0 Å². The molecule has 142 valence electrons. The fourth-order valence-corrected chi connectivity index (χ4v) is 3.14. The Labute approximate surface area is 164 Å². The number of carbonyl (C=O) groups excluding carboxylic acids is 2. The van der Waals surface area contributed by atoms with E-state index in [9.17, 15) is 9.59 Å². The van der Waals surface area contributed by atoms with E-state index in [0.717, 1.165) is 16.7 Å². The Morgan fingerprint density at radius 3 is 2.52 bits per heavy atom. The third-order valence-corrected chi connectivity index (χ3v) is 4.85. The molecule has 1 fully saturated rings. The van der Waals surface area contributed by atoms with Crippen molar-refractivity contribution in [3.63, 3.8) is 0 Å². The van der Waals surface area contributed by atoms with Gasteiger partial charge in [0.1, 0.15) is 12.6 Å². The maximum absolute atomic E-state index is 12.6. The molecule has 1 aliphatic rings. The van der Waals surface area contributed by atoms with Gasteiger partial charge in [-0.3, -0.25) is 9.59 Å². The van der Waals surface area contributed by atoms with Crippen molar-refractivity contribution in [1.82, 2.24) is 10.2 Å². The number of rotatable bonds is 6. The second-order valence-corrected chi connectivity index (χ2v) is 7.14. The number of carbonyl (C=O) groups is 2. The summed E-state index contributed by atoms with van der Waals surface area (Å²) in [7, 11) is 0. The lowest BCUT2D eigenvalue weighted by Gasteiger charge is -2.34. The van der Waals surface area contributed by atoms with Gasteiger partial charge in [-0.1, -0.05) is 53.6 Å². The highest BCUT2D eigenvalue weighted by atomic mass is 35.5. The van der Waals surface area contributed by atoms with Crippen molar-refractivity contribution in [3.05, 3.63) is 70.2 Å². The van der Waals surface area contributed by atoms with Gasteiger partial charge in [-0.15, -0.1) is 0 Å². The number of aryl methyl sites for hydroxylation is 1. The van der Waals surface area contributed by atoms with Gasteiger partial charge in [0.05, 0.1) is 6.61 Å². The van der Waals surface area contributed by atoms with Gasteiger partial charge in [-0.2, -0.15) is 0 Å². The highest BCUT2D eigenvalue weighted by Crippen LogP contribution is 2.15. The number of hydrogen-bond acceptors (Lipinski definition) is 3. The summed E-state index contributed by atoms with van der Waals surface area (Å²) in [6, 6.07) is 14.9. The fraction of sp³-hybridized carbons (Fsp3) is 0.333. The van der Waals surface area contributed by atoms with Gasteiger partial charge in [0.25, 0.3) is 0 Å². The Kier molecular flexibility index (Phi) is 6.48. The molecule has 5 nitrogen and oxygen atoms in total. The normalized spacial score (nSPS) is 17.0. The molecule has 27 heavy (non-hydrogen) atoms. The van der Waals surface area contributed by atoms with Crippen LogP contribution in [0.2, 0.25) is 5.02 Å². The zero-order valence-electron chi connectivity index (χ0n) is 15.3. The first-order valence-corrected chi connectivity index (χ1v) is 9.35. The molecule has 0 bridgehead atoms. The lowest BCUT2D eigenvalue weighted by molar-refractivity contribution is -0.155. The molecule has 6 heteroatoms. The predicted molar refractivity (Wildman–Crippen MR) is 105 cm³/mol. The van der Waals surface area contributed by atoms with Gasteiger partial charge in [-0.05, 0) is 36.6 Å². The summed E-state index contributed by atoms with van der Waals surface area (Å²) in [5, 5.41) is 3.60. The second-order valence-electron chi connectivity index (χ2n) is 6.71. The first-order chi connectivity index (χ1) is 13.0. The minimum atomic E-state index is -0.613. The van der Waals surface area contributed by atoms with E-state index in [1.54, 1.807) is 4.90 Å². The molecular weight excluding hydrogens is 364 g/mol. The summed E-state index contributed by atoms with van der Waals surface area (Å²) in [4.78, 5) is 26.6. The van der Waals surface area contributed by atoms with Crippen molar-refractivity contribution < 1.29 is 14.3 Å². The first kappa shape index (κ1) is 19.4. The average Bonchev–Trinajstić information content (AvgIpc) is 2.66. The van der Waals surface area contributed by atoms with Crippen molar-refractivity contribution in [2.75, 3.05) is 19.8 Å². The molecule has 1 N–H and O–H groups in total. The number of nitrogens with zero attached hydrogens (tertiary/aromatic N) is 1. The monoisotopic (exact) mass is 386 g/mol. The Balaban J connectivity index is 1.59. The van der Waals surface area contributed by atoms with Crippen LogP contribution in [0, 0.1) is 6.92 Å². The van der Waals surface area contributed by atoms with Crippen LogP contribution in [0.1, 0.15) is 16.7 Å². The molecule has 0 unspecified atom stereocenters. The molecule has 1 saturated heterocycles. The number of morpholine rings is 1. The number of ether oxygens (including phenoxy) is 1. The predicted octanol–water partition coefficient (Wildman–Crippen LogP) is 2.73. The minimum absolute atomic E-state index is 0.0143. The van der Waals surface area contributed by atoms with Crippen molar-refractivity contribution in [3.8, 4) is 0 Å². The van der Waals surface area contributed by atoms with Crippen LogP contribution < -0.4 is 5.32 Å². The SMILES string of the molecule is Cc1ccc(CN2C(=O)COC[C@H]2C(=O)NCCc2ccc(Cl)cc2)cc1. The molecule has 3 rings (SSSR count). The van der Waals surface area contributed by atoms with E-state index < -0.39 is 6.04 Å². The van der Waals surface area contributed by atoms with Crippen LogP contribution in [-0.4, -0.2) is 42.5 Å². The van der Waals surface area contributed by atoms with Crippen LogP contribution in [0.3, 0.4) is 0 Å². The summed E-state index contributed by atoms with van der Waals surface area (Å²) >= 11 is 5.88. The van der Waals surface area contributed by atoms with Gasteiger partial charge in [0.15, 0.2) is 0 Å². The van der Waals surface area contributed by atoms with E-state index in [0.29, 0.717) is 24.5 Å². The number of hydrogen-bond donors (Lipinski definition) is 1. The van der Waals surface area contributed by atoms with E-state index >= 15 is 0 Å². The zero-order valence-corrected chi connectivity index (χ0v) is 16.0. The Hall–Kier alpha value is -2.37. The minimum Gasteiger partial charge on any atom is -0.369 e. The van der Waals surface area contributed by atoms with Gasteiger partial charge in [0, 0.05) is 18.1 Å². The van der Waals surface area contributed by atoms with E-state index in [1.807, 2.05) is 55.5 Å². The maximum atomic E-state index is 12.6. The van der Waals surface area contributed by atoms with Gasteiger partial charge in [0.2, 0.25) is 11.8 Å². The molecule has 0 aliphatic carbocycles. The first-order valence-electron chi connectivity index (χ1n) is 8.98. The summed E-state index contributed by atoms with van der Waals surface area (Å²) in [6.45, 7) is 3.13. The van der Waals surface area contributed by atoms with Crippen molar-refractivity contribution in [2.45, 2.75) is 25.9 Å². The molecule has 2 amide bonds. The van der Waals surface area contributed by atoms with Gasteiger partial charge >= 0.3 is 0 Å². The summed E-state index contributed by atoms with van der Waals surface area (Å²) in [5.41, 5.74) is 3.24. The summed E-state index contributed by atoms with van der Waals surface area (Å²) in [5.74, 6) is -0.358. The van der Waals surface area contributed by atoms with Crippen molar-refractivity contribution in [1.29, 1.82) is 0 Å². The quantitative estimate of drug-likeness (QED) is 0.830. The second kappa shape index (κ2) is 9.02. The molecule has 0 spiro atoms. The fourth-order valence-electron chi connectivity index (χ4n) is 3.01. The highest BCUT2D eigenvalue weighted by molar-refractivity contribution is 6.30. The Morgan fingerprint density at radius 1 is 1.15 bits per heavy atom. The van der Waals surface area contributed by atoms with Crippen molar-refractivity contribution in [2.24, 2.45) is 0 Å². The largest absolute Gasteiger partial charge is 0.369 e. The van der Waals surface area contributed by atoms with Crippen molar-refractivity contribution >= 4 is 23.4 Å². The standard InChI is InChI=1S/C21H23ClN2O3/c1-15-2-4-17(5-3-15)12-24-19(13-27-14-20(24)25)21(26)23-11-10-16-6-8-18(22)9-7-16/h2-9,19H,10-14H2,1H3,(H,23,26)/t19-/m0/s1. The van der Waals surface area contributed by atoms with Crippen LogP contribution >= 0.6 is 11.6 Å². The van der Waals surface area contributed by atoms with Crippen LogP contribution in [0.15, 0.2) is 48.5 Å². The molecule has 2 aromatic rings. The van der Waals surface area contributed by atoms with E-state index in [2.05, 4.69) is 5.32 Å². The number of nitrogens with one attached hydrogen (secondary N) is 1. The lowest BCUT2D eigenvalue weighted by Crippen LogP contribution is -2.56. The Bertz CT molecular complexity index is 790.